The first-order valence-electron chi connectivity index (χ1n) is 7.19. The van der Waals surface area contributed by atoms with E-state index in [1.54, 1.807) is 18.0 Å². The first-order valence-corrected chi connectivity index (χ1v) is 7.57. The second-order valence-corrected chi connectivity index (χ2v) is 5.39. The number of benzene rings is 1. The Balaban J connectivity index is 1.63. The van der Waals surface area contributed by atoms with Crippen LogP contribution in [0.25, 0.3) is 11.2 Å². The summed E-state index contributed by atoms with van der Waals surface area (Å²) in [7, 11) is 1.64. The molecule has 8 heteroatoms. The summed E-state index contributed by atoms with van der Waals surface area (Å²) in [6.07, 6.45) is 5.41. The molecule has 0 aliphatic heterocycles. The number of hydrogen-bond acceptors (Lipinski definition) is 5. The van der Waals surface area contributed by atoms with Gasteiger partial charge in [0.2, 0.25) is 5.28 Å². The Bertz CT molecular complexity index is 991. The molecule has 0 spiro atoms. The number of fused-ring (bicyclic) bond motifs is 1. The Morgan fingerprint density at radius 2 is 2.00 bits per heavy atom. The molecule has 0 atom stereocenters. The van der Waals surface area contributed by atoms with Gasteiger partial charge in [0.1, 0.15) is 23.4 Å². The third-order valence-corrected chi connectivity index (χ3v) is 3.72. The lowest BCUT2D eigenvalue weighted by Crippen LogP contribution is -2.01. The number of ether oxygens (including phenoxy) is 1. The average molecular weight is 341 g/mol. The molecule has 0 saturated carbocycles. The molecule has 7 nitrogen and oxygen atoms in total. The summed E-state index contributed by atoms with van der Waals surface area (Å²) in [6.45, 7) is 0. The first-order chi connectivity index (χ1) is 11.7. The Hall–Kier alpha value is -3.06. The third kappa shape index (κ3) is 2.65. The van der Waals surface area contributed by atoms with Crippen LogP contribution >= 0.6 is 11.6 Å². The molecule has 4 aromatic rings. The quantitative estimate of drug-likeness (QED) is 0.617. The van der Waals surface area contributed by atoms with Crippen molar-refractivity contribution in [2.45, 2.75) is 0 Å². The van der Waals surface area contributed by atoms with Gasteiger partial charge in [-0.05, 0) is 48.0 Å². The lowest BCUT2D eigenvalue weighted by molar-refractivity contribution is 0.415. The molecule has 0 aliphatic rings. The van der Waals surface area contributed by atoms with Crippen molar-refractivity contribution in [2.75, 3.05) is 12.4 Å². The van der Waals surface area contributed by atoms with Crippen molar-refractivity contribution in [2.24, 2.45) is 0 Å². The third-order valence-electron chi connectivity index (χ3n) is 3.56. The zero-order valence-electron chi connectivity index (χ0n) is 12.7. The molecule has 0 unspecified atom stereocenters. The van der Waals surface area contributed by atoms with Crippen molar-refractivity contribution < 1.29 is 4.74 Å². The van der Waals surface area contributed by atoms with Crippen molar-refractivity contribution in [3.63, 3.8) is 0 Å². The predicted octanol–water partition coefficient (Wildman–Crippen LogP) is 3.32. The largest absolute Gasteiger partial charge is 0.497 e. The van der Waals surface area contributed by atoms with Crippen molar-refractivity contribution in [1.82, 2.24) is 24.1 Å². The molecule has 3 heterocycles. The van der Waals surface area contributed by atoms with Gasteiger partial charge in [-0.3, -0.25) is 0 Å². The van der Waals surface area contributed by atoms with Gasteiger partial charge in [-0.15, -0.1) is 5.10 Å². The van der Waals surface area contributed by atoms with E-state index in [-0.39, 0.29) is 5.28 Å². The number of aromatic nitrogens is 5. The summed E-state index contributed by atoms with van der Waals surface area (Å²) in [6, 6.07) is 11.5. The number of nitrogens with zero attached hydrogens (tertiary/aromatic N) is 5. The van der Waals surface area contributed by atoms with Crippen molar-refractivity contribution in [3.8, 4) is 11.4 Å². The Morgan fingerprint density at radius 1 is 1.17 bits per heavy atom. The van der Waals surface area contributed by atoms with E-state index in [0.717, 1.165) is 17.0 Å². The minimum Gasteiger partial charge on any atom is -0.497 e. The Labute approximate surface area is 142 Å². The van der Waals surface area contributed by atoms with Crippen LogP contribution in [0.15, 0.2) is 55.1 Å². The molecule has 1 aromatic carbocycles. The topological polar surface area (TPSA) is 69.3 Å². The molecular formula is C16H13ClN6O. The minimum absolute atomic E-state index is 0.163. The van der Waals surface area contributed by atoms with E-state index in [1.807, 2.05) is 53.4 Å². The Morgan fingerprint density at radius 3 is 2.79 bits per heavy atom. The molecule has 120 valence electrons. The smallest absolute Gasteiger partial charge is 0.243 e. The number of hydrogen-bond donors (Lipinski definition) is 1. The highest BCUT2D eigenvalue weighted by molar-refractivity contribution is 6.28. The lowest BCUT2D eigenvalue weighted by atomic mass is 10.3. The molecular weight excluding hydrogens is 328 g/mol. The number of rotatable bonds is 4. The zero-order chi connectivity index (χ0) is 16.5. The van der Waals surface area contributed by atoms with E-state index < -0.39 is 0 Å². The van der Waals surface area contributed by atoms with Crippen LogP contribution in [0.2, 0.25) is 5.28 Å². The monoisotopic (exact) mass is 340 g/mol. The van der Waals surface area contributed by atoms with Crippen LogP contribution in [0, 0.1) is 0 Å². The number of imidazole rings is 1. The zero-order valence-corrected chi connectivity index (χ0v) is 13.5. The molecule has 24 heavy (non-hydrogen) atoms. The predicted molar refractivity (Wildman–Crippen MR) is 91.4 cm³/mol. The van der Waals surface area contributed by atoms with Crippen LogP contribution in [0.5, 0.6) is 5.75 Å². The lowest BCUT2D eigenvalue weighted by Gasteiger charge is -2.05. The van der Waals surface area contributed by atoms with Gasteiger partial charge in [-0.2, -0.15) is 4.98 Å². The highest BCUT2D eigenvalue weighted by atomic mass is 35.5. The summed E-state index contributed by atoms with van der Waals surface area (Å²) in [5, 5.41) is 7.44. The van der Waals surface area contributed by atoms with E-state index >= 15 is 0 Å². The van der Waals surface area contributed by atoms with Gasteiger partial charge in [0.15, 0.2) is 5.82 Å². The molecule has 0 radical (unpaired) electrons. The normalized spacial score (nSPS) is 10.9. The van der Waals surface area contributed by atoms with Gasteiger partial charge >= 0.3 is 0 Å². The fourth-order valence-electron chi connectivity index (χ4n) is 2.40. The highest BCUT2D eigenvalue weighted by Gasteiger charge is 2.08. The van der Waals surface area contributed by atoms with Gasteiger partial charge in [-0.25, -0.2) is 9.50 Å². The second-order valence-electron chi connectivity index (χ2n) is 5.06. The second kappa shape index (κ2) is 5.86. The van der Waals surface area contributed by atoms with Crippen molar-refractivity contribution in [3.05, 3.63) is 60.4 Å². The maximum atomic E-state index is 5.96. The van der Waals surface area contributed by atoms with E-state index in [4.69, 9.17) is 16.3 Å². The average Bonchev–Trinajstić information content (AvgIpc) is 3.24. The number of methoxy groups -OCH3 is 1. The van der Waals surface area contributed by atoms with E-state index in [9.17, 15) is 0 Å². The summed E-state index contributed by atoms with van der Waals surface area (Å²) in [5.41, 5.74) is 1.79. The van der Waals surface area contributed by atoms with Gasteiger partial charge in [-0.1, -0.05) is 0 Å². The molecule has 1 N–H and O–H groups in total. The summed E-state index contributed by atoms with van der Waals surface area (Å²) in [5.74, 6) is 2.06. The van der Waals surface area contributed by atoms with Crippen LogP contribution in [0.4, 0.5) is 11.6 Å². The van der Waals surface area contributed by atoms with Crippen LogP contribution in [0.3, 0.4) is 0 Å². The summed E-state index contributed by atoms with van der Waals surface area (Å²) >= 11 is 5.96. The van der Waals surface area contributed by atoms with Crippen molar-refractivity contribution in [1.29, 1.82) is 0 Å². The van der Waals surface area contributed by atoms with Gasteiger partial charge < -0.3 is 14.6 Å². The molecule has 0 saturated heterocycles. The van der Waals surface area contributed by atoms with E-state index in [1.165, 1.54) is 0 Å². The van der Waals surface area contributed by atoms with Crippen LogP contribution < -0.4 is 10.1 Å². The number of halogens is 1. The maximum Gasteiger partial charge on any atom is 0.243 e. The van der Waals surface area contributed by atoms with Crippen molar-refractivity contribution >= 4 is 28.8 Å². The SMILES string of the molecule is COc1ccc(-n2cnc(Nc3nc(Cl)nn4cccc34)c2)cc1. The minimum atomic E-state index is 0.163. The van der Waals surface area contributed by atoms with Gasteiger partial charge in [0, 0.05) is 11.9 Å². The van der Waals surface area contributed by atoms with Gasteiger partial charge in [0.25, 0.3) is 0 Å². The van der Waals surface area contributed by atoms with Crippen LogP contribution in [0.1, 0.15) is 0 Å². The summed E-state index contributed by atoms with van der Waals surface area (Å²) in [4.78, 5) is 8.59. The molecule has 4 rings (SSSR count). The molecule has 0 amide bonds. The number of nitrogens with one attached hydrogen (secondary N) is 1. The summed E-state index contributed by atoms with van der Waals surface area (Å²) < 4.78 is 8.73. The maximum absolute atomic E-state index is 5.96. The fraction of sp³-hybridized carbons (Fsp3) is 0.0625. The van der Waals surface area contributed by atoms with E-state index in [2.05, 4.69) is 20.4 Å². The highest BCUT2D eigenvalue weighted by Crippen LogP contribution is 2.21. The molecule has 0 bridgehead atoms. The van der Waals surface area contributed by atoms with E-state index in [0.29, 0.717) is 11.6 Å². The standard InChI is InChI=1S/C16H13ClN6O/c1-24-12-6-4-11(5-7-12)22-9-14(18-10-22)19-15-13-3-2-8-23(13)21-16(17)20-15/h2-10H,1H3,(H,19,20,21). The molecule has 0 fully saturated rings. The fourth-order valence-corrected chi connectivity index (χ4v) is 2.57. The first kappa shape index (κ1) is 14.5. The molecule has 0 aliphatic carbocycles. The van der Waals surface area contributed by atoms with Crippen LogP contribution in [-0.4, -0.2) is 31.3 Å². The molecule has 3 aromatic heterocycles. The van der Waals surface area contributed by atoms with Gasteiger partial charge in [0.05, 0.1) is 13.3 Å². The number of anilines is 2. The Kier molecular flexibility index (Phi) is 3.55. The van der Waals surface area contributed by atoms with Crippen LogP contribution in [-0.2, 0) is 0 Å².